The summed E-state index contributed by atoms with van der Waals surface area (Å²) in [6, 6.07) is 8.14. The highest BCUT2D eigenvalue weighted by atomic mass is 16.5. The molecule has 0 bridgehead atoms. The maximum Gasteiger partial charge on any atom is 0.119 e. The fourth-order valence-electron chi connectivity index (χ4n) is 1.77. The van der Waals surface area contributed by atoms with E-state index in [0.717, 1.165) is 12.3 Å². The van der Waals surface area contributed by atoms with Crippen molar-refractivity contribution >= 4 is 0 Å². The lowest BCUT2D eigenvalue weighted by Crippen LogP contribution is -2.50. The predicted octanol–water partition coefficient (Wildman–Crippen LogP) is 2.55. The molecule has 0 aliphatic heterocycles. The average molecular weight is 251 g/mol. The second-order valence-electron chi connectivity index (χ2n) is 5.26. The summed E-state index contributed by atoms with van der Waals surface area (Å²) in [4.78, 5) is 0. The Labute approximate surface area is 110 Å². The van der Waals surface area contributed by atoms with Gasteiger partial charge in [0.15, 0.2) is 0 Å². The summed E-state index contributed by atoms with van der Waals surface area (Å²) >= 11 is 0. The Morgan fingerprint density at radius 1 is 1.28 bits per heavy atom. The molecule has 0 saturated carbocycles. The lowest BCUT2D eigenvalue weighted by atomic mass is 10.0. The van der Waals surface area contributed by atoms with Crippen molar-refractivity contribution in [1.29, 1.82) is 0 Å². The molecule has 1 atom stereocenters. The molecule has 3 heteroatoms. The topological polar surface area (TPSA) is 41.5 Å². The van der Waals surface area contributed by atoms with Crippen molar-refractivity contribution < 1.29 is 9.84 Å². The van der Waals surface area contributed by atoms with Crippen molar-refractivity contribution in [3.63, 3.8) is 0 Å². The number of nitrogens with one attached hydrogen (secondary N) is 1. The van der Waals surface area contributed by atoms with Crippen LogP contribution in [0.4, 0.5) is 0 Å². The highest BCUT2D eigenvalue weighted by Gasteiger charge is 2.22. The van der Waals surface area contributed by atoms with Crippen LogP contribution in [0.5, 0.6) is 5.75 Å². The molecule has 0 aliphatic carbocycles. The van der Waals surface area contributed by atoms with Crippen molar-refractivity contribution in [3.8, 4) is 5.75 Å². The molecule has 0 fully saturated rings. The van der Waals surface area contributed by atoms with Gasteiger partial charge in [0.05, 0.1) is 12.1 Å². The summed E-state index contributed by atoms with van der Waals surface area (Å²) in [5, 5.41) is 12.6. The van der Waals surface area contributed by atoms with E-state index >= 15 is 0 Å². The van der Waals surface area contributed by atoms with Gasteiger partial charge >= 0.3 is 0 Å². The normalized spacial score (nSPS) is 14.6. The summed E-state index contributed by atoms with van der Waals surface area (Å²) in [6.07, 6.45) is 0. The summed E-state index contributed by atoms with van der Waals surface area (Å²) < 4.78 is 5.73. The van der Waals surface area contributed by atoms with E-state index < -0.39 is 0 Å². The van der Waals surface area contributed by atoms with Crippen molar-refractivity contribution in [3.05, 3.63) is 29.8 Å². The molecule has 1 aromatic carbocycles. The molecule has 2 N–H and O–H groups in total. The molecular weight excluding hydrogens is 226 g/mol. The molecule has 3 nitrogen and oxygen atoms in total. The molecule has 0 amide bonds. The Morgan fingerprint density at radius 2 is 1.89 bits per heavy atom. The molecule has 0 aliphatic rings. The van der Waals surface area contributed by atoms with E-state index in [1.807, 2.05) is 26.0 Å². The number of hydrogen-bond acceptors (Lipinski definition) is 3. The van der Waals surface area contributed by atoms with Crippen LogP contribution in [0, 0.1) is 0 Å². The van der Waals surface area contributed by atoms with E-state index in [1.54, 1.807) is 0 Å². The number of hydrogen-bond donors (Lipinski definition) is 2. The van der Waals surface area contributed by atoms with Gasteiger partial charge in [-0.15, -0.1) is 0 Å². The fourth-order valence-corrected chi connectivity index (χ4v) is 1.77. The molecule has 1 rings (SSSR count). The van der Waals surface area contributed by atoms with Gasteiger partial charge in [0.25, 0.3) is 0 Å². The van der Waals surface area contributed by atoms with E-state index in [9.17, 15) is 5.11 Å². The Bertz CT molecular complexity index is 348. The van der Waals surface area contributed by atoms with Gasteiger partial charge in [-0.05, 0) is 37.1 Å². The Hall–Kier alpha value is -1.06. The lowest BCUT2D eigenvalue weighted by molar-refractivity contribution is 0.117. The summed E-state index contributed by atoms with van der Waals surface area (Å²) in [5.41, 5.74) is 0.921. The second-order valence-corrected chi connectivity index (χ2v) is 5.26. The number of rotatable bonds is 7. The van der Waals surface area contributed by atoms with Crippen LogP contribution < -0.4 is 10.1 Å². The first kappa shape index (κ1) is 15.0. The quantitative estimate of drug-likeness (QED) is 0.782. The molecule has 0 saturated heterocycles. The van der Waals surface area contributed by atoms with E-state index in [1.165, 1.54) is 5.56 Å². The van der Waals surface area contributed by atoms with Gasteiger partial charge in [0, 0.05) is 0 Å². The predicted molar refractivity (Wildman–Crippen MR) is 75.2 cm³/mol. The van der Waals surface area contributed by atoms with Gasteiger partial charge in [-0.25, -0.2) is 0 Å². The van der Waals surface area contributed by atoms with Gasteiger partial charge in [-0.2, -0.15) is 0 Å². The van der Waals surface area contributed by atoms with Crippen LogP contribution in [0.1, 0.15) is 39.2 Å². The summed E-state index contributed by atoms with van der Waals surface area (Å²) in [6.45, 7) is 9.65. The monoisotopic (exact) mass is 251 g/mol. The van der Waals surface area contributed by atoms with Crippen molar-refractivity contribution in [2.45, 2.75) is 39.2 Å². The number of aliphatic hydroxyl groups is 1. The summed E-state index contributed by atoms with van der Waals surface area (Å²) in [5.74, 6) is 1.38. The van der Waals surface area contributed by atoms with Crippen LogP contribution >= 0.6 is 0 Å². The smallest absolute Gasteiger partial charge is 0.119 e. The van der Waals surface area contributed by atoms with E-state index in [4.69, 9.17) is 4.74 Å². The number of likely N-dealkylation sites (N-methyl/N-ethyl adjacent to an activating group) is 1. The summed E-state index contributed by atoms with van der Waals surface area (Å²) in [7, 11) is 0. The van der Waals surface area contributed by atoms with Crippen LogP contribution in [-0.4, -0.2) is 30.4 Å². The molecule has 0 spiro atoms. The van der Waals surface area contributed by atoms with Crippen LogP contribution in [0.2, 0.25) is 0 Å². The van der Waals surface area contributed by atoms with Crippen molar-refractivity contribution in [2.24, 2.45) is 0 Å². The van der Waals surface area contributed by atoms with Gasteiger partial charge in [-0.1, -0.05) is 32.9 Å². The average Bonchev–Trinajstić information content (AvgIpc) is 2.37. The lowest BCUT2D eigenvalue weighted by Gasteiger charge is -2.28. The number of benzene rings is 1. The highest BCUT2D eigenvalue weighted by molar-refractivity contribution is 5.29. The standard InChI is InChI=1S/C15H25NO2/c1-5-16-15(4,10-17)11-18-14-8-6-13(7-9-14)12(2)3/h6-9,12,16-17H,5,10-11H2,1-4H3. The zero-order chi connectivity index (χ0) is 13.6. The molecular formula is C15H25NO2. The van der Waals surface area contributed by atoms with E-state index in [0.29, 0.717) is 12.5 Å². The maximum atomic E-state index is 9.37. The van der Waals surface area contributed by atoms with Crippen LogP contribution in [-0.2, 0) is 0 Å². The van der Waals surface area contributed by atoms with Gasteiger partial charge in [-0.3, -0.25) is 0 Å². The van der Waals surface area contributed by atoms with E-state index in [-0.39, 0.29) is 12.1 Å². The Kier molecular flexibility index (Phi) is 5.63. The Balaban J connectivity index is 2.57. The SMILES string of the molecule is CCNC(C)(CO)COc1ccc(C(C)C)cc1. The maximum absolute atomic E-state index is 9.37. The molecule has 102 valence electrons. The van der Waals surface area contributed by atoms with Gasteiger partial charge < -0.3 is 15.2 Å². The van der Waals surface area contributed by atoms with Crippen molar-refractivity contribution in [2.75, 3.05) is 19.8 Å². The zero-order valence-corrected chi connectivity index (χ0v) is 11.9. The Morgan fingerprint density at radius 3 is 2.33 bits per heavy atom. The first-order valence-electron chi connectivity index (χ1n) is 6.59. The van der Waals surface area contributed by atoms with Gasteiger partial charge in [0.1, 0.15) is 12.4 Å². The largest absolute Gasteiger partial charge is 0.492 e. The van der Waals surface area contributed by atoms with Gasteiger partial charge in [0.2, 0.25) is 0 Å². The molecule has 0 heterocycles. The zero-order valence-electron chi connectivity index (χ0n) is 11.9. The van der Waals surface area contributed by atoms with Crippen LogP contribution in [0.25, 0.3) is 0 Å². The molecule has 1 unspecified atom stereocenters. The molecule has 0 radical (unpaired) electrons. The minimum absolute atomic E-state index is 0.0604. The third-order valence-electron chi connectivity index (χ3n) is 3.06. The van der Waals surface area contributed by atoms with Crippen molar-refractivity contribution in [1.82, 2.24) is 5.32 Å². The molecule has 0 aromatic heterocycles. The number of aliphatic hydroxyl groups excluding tert-OH is 1. The minimum Gasteiger partial charge on any atom is -0.492 e. The highest BCUT2D eigenvalue weighted by Crippen LogP contribution is 2.19. The number of ether oxygens (including phenoxy) is 1. The van der Waals surface area contributed by atoms with E-state index in [2.05, 4.69) is 31.3 Å². The van der Waals surface area contributed by atoms with Crippen LogP contribution in [0.15, 0.2) is 24.3 Å². The second kappa shape index (κ2) is 6.76. The third kappa shape index (κ3) is 4.31. The van der Waals surface area contributed by atoms with Crippen LogP contribution in [0.3, 0.4) is 0 Å². The fraction of sp³-hybridized carbons (Fsp3) is 0.600. The first-order valence-corrected chi connectivity index (χ1v) is 6.59. The first-order chi connectivity index (χ1) is 8.50. The molecule has 1 aromatic rings. The minimum atomic E-state index is -0.383. The third-order valence-corrected chi connectivity index (χ3v) is 3.06. The molecule has 18 heavy (non-hydrogen) atoms.